The zero-order chi connectivity index (χ0) is 19.1. The van der Waals surface area contributed by atoms with Gasteiger partial charge in [-0.15, -0.1) is 5.10 Å². The molecule has 0 aliphatic heterocycles. The first-order valence-electron chi connectivity index (χ1n) is 7.95. The molecule has 1 aromatic heterocycles. The fraction of sp³-hybridized carbons (Fsp3) is 0.111. The van der Waals surface area contributed by atoms with E-state index in [4.69, 9.17) is 10.00 Å². The Labute approximate surface area is 154 Å². The van der Waals surface area contributed by atoms with E-state index < -0.39 is 5.91 Å². The van der Waals surface area contributed by atoms with Crippen molar-refractivity contribution in [3.63, 3.8) is 0 Å². The van der Waals surface area contributed by atoms with Gasteiger partial charge in [0.25, 0.3) is 5.91 Å². The van der Waals surface area contributed by atoms with Crippen molar-refractivity contribution in [3.8, 4) is 17.5 Å². The van der Waals surface area contributed by atoms with Crippen LogP contribution < -0.4 is 10.2 Å². The van der Waals surface area contributed by atoms with Crippen LogP contribution in [-0.2, 0) is 4.79 Å². The minimum absolute atomic E-state index is 0.187. The summed E-state index contributed by atoms with van der Waals surface area (Å²) in [5.41, 5.74) is 5.19. The summed E-state index contributed by atoms with van der Waals surface area (Å²) in [5, 5.41) is 23.9. The number of amides is 1. The average Bonchev–Trinajstić information content (AvgIpc) is 3.26. The molecule has 1 N–H and O–H groups in total. The van der Waals surface area contributed by atoms with Gasteiger partial charge in [-0.3, -0.25) is 4.79 Å². The molecule has 0 saturated heterocycles. The predicted molar refractivity (Wildman–Crippen MR) is 96.2 cm³/mol. The van der Waals surface area contributed by atoms with Crippen LogP contribution in [0, 0.1) is 11.3 Å². The standard InChI is InChI=1S/C18H15N7O2/c1-13(15-3-2-4-16(9-15)25-12-20-23-24-25)21-22-18(26)11-27-17-7-5-14(10-19)6-8-17/h2-9,12H,11H2,1H3,(H,22,26)/b21-13-. The van der Waals surface area contributed by atoms with Gasteiger partial charge in [-0.1, -0.05) is 12.1 Å². The molecule has 0 radical (unpaired) electrons. The van der Waals surface area contributed by atoms with Crippen LogP contribution in [0.3, 0.4) is 0 Å². The van der Waals surface area contributed by atoms with Gasteiger partial charge in [-0.25, -0.2) is 10.1 Å². The van der Waals surface area contributed by atoms with Crippen molar-refractivity contribution in [2.24, 2.45) is 5.10 Å². The number of hydrogen-bond acceptors (Lipinski definition) is 7. The van der Waals surface area contributed by atoms with Crippen LogP contribution in [-0.4, -0.2) is 38.4 Å². The maximum absolute atomic E-state index is 11.9. The van der Waals surface area contributed by atoms with Gasteiger partial charge >= 0.3 is 0 Å². The van der Waals surface area contributed by atoms with Gasteiger partial charge in [-0.05, 0) is 59.3 Å². The molecule has 0 bridgehead atoms. The van der Waals surface area contributed by atoms with E-state index in [1.165, 1.54) is 11.0 Å². The summed E-state index contributed by atoms with van der Waals surface area (Å²) in [5.74, 6) is 0.106. The van der Waals surface area contributed by atoms with E-state index in [0.717, 1.165) is 11.3 Å². The summed E-state index contributed by atoms with van der Waals surface area (Å²) < 4.78 is 6.89. The number of nitriles is 1. The number of tetrazole rings is 1. The summed E-state index contributed by atoms with van der Waals surface area (Å²) in [4.78, 5) is 11.9. The highest BCUT2D eigenvalue weighted by molar-refractivity contribution is 5.99. The smallest absolute Gasteiger partial charge is 0.277 e. The molecule has 3 aromatic rings. The zero-order valence-corrected chi connectivity index (χ0v) is 14.4. The summed E-state index contributed by atoms with van der Waals surface area (Å²) in [6, 6.07) is 15.9. The fourth-order valence-electron chi connectivity index (χ4n) is 2.17. The topological polar surface area (TPSA) is 118 Å². The van der Waals surface area contributed by atoms with Crippen LogP contribution in [0.2, 0.25) is 0 Å². The SMILES string of the molecule is C/C(=N/NC(=O)COc1ccc(C#N)cc1)c1cccc(-n2cnnn2)c1. The number of rotatable bonds is 6. The third-order valence-electron chi connectivity index (χ3n) is 3.58. The molecular formula is C18H15N7O2. The lowest BCUT2D eigenvalue weighted by atomic mass is 10.1. The lowest BCUT2D eigenvalue weighted by Gasteiger charge is -2.07. The Balaban J connectivity index is 1.57. The number of carbonyl (C=O) groups is 1. The summed E-state index contributed by atoms with van der Waals surface area (Å²) in [7, 11) is 0. The number of hydrazone groups is 1. The second kappa shape index (κ2) is 8.35. The molecule has 0 aliphatic rings. The zero-order valence-electron chi connectivity index (χ0n) is 14.4. The Morgan fingerprint density at radius 3 is 2.81 bits per heavy atom. The van der Waals surface area contributed by atoms with Crippen molar-refractivity contribution in [1.29, 1.82) is 5.26 Å². The molecule has 2 aromatic carbocycles. The van der Waals surface area contributed by atoms with E-state index in [-0.39, 0.29) is 6.61 Å². The Bertz CT molecular complexity index is 989. The van der Waals surface area contributed by atoms with E-state index in [1.807, 2.05) is 30.3 Å². The van der Waals surface area contributed by atoms with Gasteiger partial charge < -0.3 is 4.74 Å². The molecule has 0 spiro atoms. The van der Waals surface area contributed by atoms with Crippen molar-refractivity contribution in [3.05, 3.63) is 66.0 Å². The molecule has 0 saturated carbocycles. The summed E-state index contributed by atoms with van der Waals surface area (Å²) in [6.45, 7) is 1.59. The van der Waals surface area contributed by atoms with Gasteiger partial charge in [0.05, 0.1) is 23.0 Å². The Morgan fingerprint density at radius 1 is 1.30 bits per heavy atom. The number of benzene rings is 2. The first-order valence-corrected chi connectivity index (χ1v) is 7.95. The third kappa shape index (κ3) is 4.73. The van der Waals surface area contributed by atoms with Gasteiger partial charge in [0.1, 0.15) is 12.1 Å². The highest BCUT2D eigenvalue weighted by Gasteiger charge is 2.05. The van der Waals surface area contributed by atoms with Gasteiger partial charge in [0.2, 0.25) is 0 Å². The minimum atomic E-state index is -0.393. The molecule has 1 heterocycles. The molecule has 0 aliphatic carbocycles. The minimum Gasteiger partial charge on any atom is -0.484 e. The molecule has 9 nitrogen and oxygen atoms in total. The summed E-state index contributed by atoms with van der Waals surface area (Å²) in [6.07, 6.45) is 1.49. The molecular weight excluding hydrogens is 346 g/mol. The lowest BCUT2D eigenvalue weighted by molar-refractivity contribution is -0.123. The molecule has 134 valence electrons. The van der Waals surface area contributed by atoms with Crippen LogP contribution in [0.1, 0.15) is 18.1 Å². The van der Waals surface area contributed by atoms with Crippen molar-refractivity contribution >= 4 is 11.6 Å². The highest BCUT2D eigenvalue weighted by Crippen LogP contribution is 2.11. The quantitative estimate of drug-likeness (QED) is 0.524. The molecule has 9 heteroatoms. The maximum Gasteiger partial charge on any atom is 0.277 e. The van der Waals surface area contributed by atoms with E-state index in [2.05, 4.69) is 26.1 Å². The van der Waals surface area contributed by atoms with Crippen LogP contribution in [0.15, 0.2) is 60.0 Å². The highest BCUT2D eigenvalue weighted by atomic mass is 16.5. The summed E-state index contributed by atoms with van der Waals surface area (Å²) >= 11 is 0. The largest absolute Gasteiger partial charge is 0.484 e. The van der Waals surface area contributed by atoms with Gasteiger partial charge in [-0.2, -0.15) is 10.4 Å². The van der Waals surface area contributed by atoms with Crippen LogP contribution in [0.25, 0.3) is 5.69 Å². The second-order valence-corrected chi connectivity index (χ2v) is 5.46. The Kier molecular flexibility index (Phi) is 5.49. The molecule has 27 heavy (non-hydrogen) atoms. The molecule has 3 rings (SSSR count). The van der Waals surface area contributed by atoms with Gasteiger partial charge in [0.15, 0.2) is 6.61 Å². The average molecular weight is 361 g/mol. The predicted octanol–water partition coefficient (Wildman–Crippen LogP) is 1.45. The van der Waals surface area contributed by atoms with E-state index in [0.29, 0.717) is 17.0 Å². The monoisotopic (exact) mass is 361 g/mol. The first-order chi connectivity index (χ1) is 13.2. The molecule has 0 unspecified atom stereocenters. The molecule has 0 fully saturated rings. The van der Waals surface area contributed by atoms with Crippen molar-refractivity contribution < 1.29 is 9.53 Å². The van der Waals surface area contributed by atoms with E-state index in [9.17, 15) is 4.79 Å². The van der Waals surface area contributed by atoms with Crippen molar-refractivity contribution in [1.82, 2.24) is 25.6 Å². The van der Waals surface area contributed by atoms with Crippen molar-refractivity contribution in [2.45, 2.75) is 6.92 Å². The maximum atomic E-state index is 11.9. The van der Waals surface area contributed by atoms with Crippen LogP contribution >= 0.6 is 0 Å². The molecule has 1 amide bonds. The Morgan fingerprint density at radius 2 is 2.11 bits per heavy atom. The van der Waals surface area contributed by atoms with Crippen molar-refractivity contribution in [2.75, 3.05) is 6.61 Å². The van der Waals surface area contributed by atoms with Crippen LogP contribution in [0.5, 0.6) is 5.75 Å². The fourth-order valence-corrected chi connectivity index (χ4v) is 2.17. The Hall–Kier alpha value is -4.06. The second-order valence-electron chi connectivity index (χ2n) is 5.46. The first kappa shape index (κ1) is 17.8. The lowest BCUT2D eigenvalue weighted by Crippen LogP contribution is -2.25. The number of hydrogen-bond donors (Lipinski definition) is 1. The molecule has 0 atom stereocenters. The number of carbonyl (C=O) groups excluding carboxylic acids is 1. The van der Waals surface area contributed by atoms with Gasteiger partial charge in [0, 0.05) is 0 Å². The van der Waals surface area contributed by atoms with Crippen LogP contribution in [0.4, 0.5) is 0 Å². The number of aromatic nitrogens is 4. The normalized spacial score (nSPS) is 10.9. The number of ether oxygens (including phenoxy) is 1. The van der Waals surface area contributed by atoms with E-state index in [1.54, 1.807) is 31.2 Å². The van der Waals surface area contributed by atoms with E-state index >= 15 is 0 Å². The number of nitrogens with zero attached hydrogens (tertiary/aromatic N) is 6. The third-order valence-corrected chi connectivity index (χ3v) is 3.58. The number of nitrogens with one attached hydrogen (secondary N) is 1.